The van der Waals surface area contributed by atoms with Gasteiger partial charge in [-0.05, 0) is 12.5 Å². The maximum absolute atomic E-state index is 5.38. The lowest BCUT2D eigenvalue weighted by Gasteiger charge is -2.16. The Morgan fingerprint density at radius 3 is 2.50 bits per heavy atom. The normalized spacial score (nSPS) is 13.5. The second-order valence-corrected chi connectivity index (χ2v) is 4.60. The Morgan fingerprint density at radius 2 is 2.00 bits per heavy atom. The molecule has 5 heteroatoms. The number of ether oxygens (including phenoxy) is 2. The van der Waals surface area contributed by atoms with Gasteiger partial charge in [-0.3, -0.25) is 0 Å². The molecule has 3 N–H and O–H groups in total. The first-order chi connectivity index (χ1) is 6.74. The van der Waals surface area contributed by atoms with Gasteiger partial charge in [0.05, 0.1) is 0 Å². The van der Waals surface area contributed by atoms with Gasteiger partial charge >= 0.3 is 0 Å². The third kappa shape index (κ3) is 7.46. The number of rotatable bonds is 9. The molecule has 14 heavy (non-hydrogen) atoms. The number of nitrogens with two attached hydrogens (primary N) is 1. The zero-order valence-electron chi connectivity index (χ0n) is 9.38. The van der Waals surface area contributed by atoms with Crippen LogP contribution in [0.1, 0.15) is 6.92 Å². The van der Waals surface area contributed by atoms with E-state index in [9.17, 15) is 0 Å². The molecule has 0 aromatic heterocycles. The van der Waals surface area contributed by atoms with Crippen LogP contribution in [0.5, 0.6) is 0 Å². The maximum Gasteiger partial charge on any atom is 0.136 e. The van der Waals surface area contributed by atoms with Gasteiger partial charge in [-0.25, -0.2) is 0 Å². The zero-order chi connectivity index (χ0) is 10.8. The highest BCUT2D eigenvalue weighted by Crippen LogP contribution is 2.03. The summed E-state index contributed by atoms with van der Waals surface area (Å²) in [4.78, 5) is 0. The number of methoxy groups -OCH3 is 2. The van der Waals surface area contributed by atoms with E-state index < -0.39 is 0 Å². The predicted octanol–water partition coefficient (Wildman–Crippen LogP) is -0.130. The molecule has 0 rings (SSSR count). The minimum atomic E-state index is -0.0352. The van der Waals surface area contributed by atoms with E-state index in [-0.39, 0.29) is 5.91 Å². The molecular weight excluding hydrogens is 196 g/mol. The van der Waals surface area contributed by atoms with Crippen molar-refractivity contribution in [3.05, 3.63) is 0 Å². The highest BCUT2D eigenvalue weighted by molar-refractivity contribution is 6.36. The average Bonchev–Trinajstić information content (AvgIpc) is 2.20. The minimum Gasteiger partial charge on any atom is -0.360 e. The second-order valence-electron chi connectivity index (χ2n) is 3.31. The highest BCUT2D eigenvalue weighted by Gasteiger charge is 2.09. The lowest BCUT2D eigenvalue weighted by Crippen LogP contribution is -2.29. The fraction of sp³-hybridized carbons (Fsp3) is 1.00. The summed E-state index contributed by atoms with van der Waals surface area (Å²) >= 11 is 0. The molecule has 0 aromatic carbocycles. The van der Waals surface area contributed by atoms with Gasteiger partial charge in [0.1, 0.15) is 15.4 Å². The summed E-state index contributed by atoms with van der Waals surface area (Å²) in [6.45, 7) is 4.84. The fourth-order valence-electron chi connectivity index (χ4n) is 1.08. The Kier molecular flexibility index (Phi) is 9.64. The van der Waals surface area contributed by atoms with Crippen LogP contribution in [0.4, 0.5) is 0 Å². The van der Waals surface area contributed by atoms with Crippen molar-refractivity contribution in [2.75, 3.05) is 33.9 Å². The van der Waals surface area contributed by atoms with E-state index in [1.807, 2.05) is 0 Å². The lowest BCUT2D eigenvalue weighted by atomic mass is 10.2. The minimum absolute atomic E-state index is 0.0352. The summed E-state index contributed by atoms with van der Waals surface area (Å²) in [6.07, 6.45) is 0. The highest BCUT2D eigenvalue weighted by atomic mass is 28.2. The van der Waals surface area contributed by atoms with E-state index in [1.165, 1.54) is 0 Å². The molecule has 0 aliphatic heterocycles. The molecule has 0 bridgehead atoms. The van der Waals surface area contributed by atoms with Crippen LogP contribution in [0.3, 0.4) is 0 Å². The fourth-order valence-corrected chi connectivity index (χ4v) is 2.16. The van der Waals surface area contributed by atoms with Gasteiger partial charge < -0.3 is 20.5 Å². The van der Waals surface area contributed by atoms with Crippen LogP contribution in [-0.4, -0.2) is 49.3 Å². The van der Waals surface area contributed by atoms with Crippen molar-refractivity contribution in [1.82, 2.24) is 5.32 Å². The molecule has 0 aliphatic rings. The number of hydrogen-bond acceptors (Lipinski definition) is 4. The first-order valence-corrected chi connectivity index (χ1v) is 6.22. The van der Waals surface area contributed by atoms with E-state index in [4.69, 9.17) is 15.2 Å². The van der Waals surface area contributed by atoms with Crippen LogP contribution in [0.2, 0.25) is 6.04 Å². The third-order valence-corrected chi connectivity index (χ3v) is 3.61. The van der Waals surface area contributed by atoms with Gasteiger partial charge in [0.2, 0.25) is 0 Å². The molecule has 0 spiro atoms. The van der Waals surface area contributed by atoms with Crippen molar-refractivity contribution in [2.45, 2.75) is 18.9 Å². The Labute approximate surface area is 89.3 Å². The van der Waals surface area contributed by atoms with Crippen molar-refractivity contribution in [3.63, 3.8) is 0 Å². The molecule has 0 heterocycles. The number of hydrogen-bond donors (Lipinski definition) is 2. The average molecular weight is 218 g/mol. The monoisotopic (exact) mass is 218 g/mol. The number of nitrogens with one attached hydrogen (secondary N) is 1. The summed E-state index contributed by atoms with van der Waals surface area (Å²) in [5.41, 5.74) is 5.38. The van der Waals surface area contributed by atoms with Crippen molar-refractivity contribution in [2.24, 2.45) is 11.7 Å². The standard InChI is InChI=1S/C9H22N2O2Si/c1-8(6-11-5-4-10)7-14-9(12-2)13-3/h8-9,11H,4-7,10H2,1-3H3. The van der Waals surface area contributed by atoms with Crippen LogP contribution in [0, 0.1) is 5.92 Å². The molecule has 2 radical (unpaired) electrons. The van der Waals surface area contributed by atoms with Gasteiger partial charge in [0, 0.05) is 27.3 Å². The van der Waals surface area contributed by atoms with Crippen molar-refractivity contribution in [1.29, 1.82) is 0 Å². The summed E-state index contributed by atoms with van der Waals surface area (Å²) < 4.78 is 10.3. The van der Waals surface area contributed by atoms with E-state index in [0.717, 1.165) is 19.1 Å². The topological polar surface area (TPSA) is 56.5 Å². The first-order valence-electron chi connectivity index (χ1n) is 4.94. The zero-order valence-corrected chi connectivity index (χ0v) is 10.4. The Morgan fingerprint density at radius 1 is 1.36 bits per heavy atom. The molecular formula is C9H22N2O2Si. The van der Waals surface area contributed by atoms with E-state index >= 15 is 0 Å². The molecule has 1 atom stereocenters. The van der Waals surface area contributed by atoms with Gasteiger partial charge in [0.25, 0.3) is 0 Å². The molecule has 0 aliphatic carbocycles. The molecule has 0 fully saturated rings. The van der Waals surface area contributed by atoms with Crippen LogP contribution < -0.4 is 11.1 Å². The maximum atomic E-state index is 5.38. The Balaban J connectivity index is 3.37. The van der Waals surface area contributed by atoms with Crippen LogP contribution >= 0.6 is 0 Å². The quantitative estimate of drug-likeness (QED) is 0.322. The summed E-state index contributed by atoms with van der Waals surface area (Å²) in [5.74, 6) is 0.611. The molecule has 0 aromatic rings. The van der Waals surface area contributed by atoms with Gasteiger partial charge in [-0.2, -0.15) is 0 Å². The SMILES string of the molecule is COC(OC)[Si]CC(C)CNCCN. The Bertz CT molecular complexity index is 123. The van der Waals surface area contributed by atoms with Crippen molar-refractivity contribution >= 4 is 9.52 Å². The second kappa shape index (κ2) is 9.61. The van der Waals surface area contributed by atoms with E-state index in [2.05, 4.69) is 12.2 Å². The first kappa shape index (κ1) is 14.1. The third-order valence-electron chi connectivity index (χ3n) is 1.88. The van der Waals surface area contributed by atoms with Gasteiger partial charge in [-0.1, -0.05) is 13.0 Å². The molecule has 0 saturated heterocycles. The molecule has 0 saturated carbocycles. The summed E-state index contributed by atoms with van der Waals surface area (Å²) in [7, 11) is 4.06. The molecule has 4 nitrogen and oxygen atoms in total. The smallest absolute Gasteiger partial charge is 0.136 e. The lowest BCUT2D eigenvalue weighted by molar-refractivity contribution is -0.0443. The van der Waals surface area contributed by atoms with Crippen LogP contribution in [0.25, 0.3) is 0 Å². The summed E-state index contributed by atoms with van der Waals surface area (Å²) in [5, 5.41) is 3.29. The van der Waals surface area contributed by atoms with E-state index in [1.54, 1.807) is 14.2 Å². The predicted molar refractivity (Wildman–Crippen MR) is 59.5 cm³/mol. The van der Waals surface area contributed by atoms with Crippen molar-refractivity contribution in [3.8, 4) is 0 Å². The Hall–Kier alpha value is 0.0569. The molecule has 1 unspecified atom stereocenters. The van der Waals surface area contributed by atoms with Gasteiger partial charge in [-0.15, -0.1) is 0 Å². The largest absolute Gasteiger partial charge is 0.360 e. The van der Waals surface area contributed by atoms with Gasteiger partial charge in [0.15, 0.2) is 0 Å². The summed E-state index contributed by atoms with van der Waals surface area (Å²) in [6, 6.07) is 1.13. The molecule has 0 amide bonds. The van der Waals surface area contributed by atoms with Crippen LogP contribution in [-0.2, 0) is 9.47 Å². The van der Waals surface area contributed by atoms with Crippen molar-refractivity contribution < 1.29 is 9.47 Å². The van der Waals surface area contributed by atoms with E-state index in [0.29, 0.717) is 22.0 Å². The van der Waals surface area contributed by atoms with Crippen LogP contribution in [0.15, 0.2) is 0 Å². The molecule has 84 valence electrons.